The van der Waals surface area contributed by atoms with E-state index in [-0.39, 0.29) is 5.75 Å². The number of aromatic hydroxyl groups is 1. The Morgan fingerprint density at radius 2 is 1.89 bits per heavy atom. The van der Waals surface area contributed by atoms with Crippen molar-refractivity contribution >= 4 is 38.1 Å². The quantitative estimate of drug-likeness (QED) is 0.618. The summed E-state index contributed by atoms with van der Waals surface area (Å²) in [7, 11) is 0. The Labute approximate surface area is 128 Å². The molecule has 0 spiro atoms. The lowest BCUT2D eigenvalue weighted by Crippen LogP contribution is -2.05. The molecule has 0 saturated heterocycles. The first-order valence-electron chi connectivity index (χ1n) is 5.64. The van der Waals surface area contributed by atoms with Crippen LogP contribution in [0.2, 0.25) is 0 Å². The Morgan fingerprint density at radius 3 is 2.63 bits per heavy atom. The van der Waals surface area contributed by atoms with E-state index in [1.165, 1.54) is 0 Å². The van der Waals surface area contributed by atoms with Gasteiger partial charge in [-0.05, 0) is 33.6 Å². The number of nitrogens with zero attached hydrogens (tertiary/aromatic N) is 1. The second-order valence-corrected chi connectivity index (χ2v) is 5.67. The van der Waals surface area contributed by atoms with E-state index in [0.29, 0.717) is 16.6 Å². The highest BCUT2D eigenvalue weighted by molar-refractivity contribution is 9.11. The van der Waals surface area contributed by atoms with Crippen LogP contribution in [-0.4, -0.2) is 11.3 Å². The number of halogens is 2. The lowest BCUT2D eigenvalue weighted by Gasteiger charge is -2.03. The number of phenols is 1. The SMILES string of the molecule is Oc1c(Br)cc(Br)cc1C=NNCc1ccccc1. The van der Waals surface area contributed by atoms with Crippen LogP contribution in [0.15, 0.2) is 56.5 Å². The molecule has 0 unspecified atom stereocenters. The van der Waals surface area contributed by atoms with E-state index in [2.05, 4.69) is 42.4 Å². The summed E-state index contributed by atoms with van der Waals surface area (Å²) in [5.41, 5.74) is 4.74. The molecule has 0 fully saturated rings. The molecular weight excluding hydrogens is 372 g/mol. The molecule has 19 heavy (non-hydrogen) atoms. The average molecular weight is 384 g/mol. The summed E-state index contributed by atoms with van der Waals surface area (Å²) in [6, 6.07) is 13.6. The first-order valence-corrected chi connectivity index (χ1v) is 7.23. The van der Waals surface area contributed by atoms with Gasteiger partial charge < -0.3 is 10.5 Å². The Balaban J connectivity index is 2.00. The molecule has 2 rings (SSSR count). The molecule has 0 aliphatic carbocycles. The van der Waals surface area contributed by atoms with Crippen molar-refractivity contribution < 1.29 is 5.11 Å². The van der Waals surface area contributed by atoms with E-state index in [1.54, 1.807) is 18.3 Å². The van der Waals surface area contributed by atoms with E-state index in [9.17, 15) is 5.11 Å². The van der Waals surface area contributed by atoms with Crippen molar-refractivity contribution in [3.05, 3.63) is 62.5 Å². The van der Waals surface area contributed by atoms with Crippen molar-refractivity contribution in [2.45, 2.75) is 6.54 Å². The molecule has 2 N–H and O–H groups in total. The summed E-state index contributed by atoms with van der Waals surface area (Å²) < 4.78 is 1.51. The maximum atomic E-state index is 9.85. The zero-order chi connectivity index (χ0) is 13.7. The number of hydrogen-bond acceptors (Lipinski definition) is 3. The maximum absolute atomic E-state index is 9.85. The third-order valence-electron chi connectivity index (χ3n) is 2.48. The lowest BCUT2D eigenvalue weighted by atomic mass is 10.2. The fourth-order valence-electron chi connectivity index (χ4n) is 1.53. The summed E-state index contributed by atoms with van der Waals surface area (Å²) in [4.78, 5) is 0. The van der Waals surface area contributed by atoms with Gasteiger partial charge in [0.25, 0.3) is 0 Å². The highest BCUT2D eigenvalue weighted by Crippen LogP contribution is 2.30. The van der Waals surface area contributed by atoms with E-state index >= 15 is 0 Å². The summed E-state index contributed by atoms with van der Waals surface area (Å²) >= 11 is 6.65. The van der Waals surface area contributed by atoms with Crippen LogP contribution in [-0.2, 0) is 6.54 Å². The maximum Gasteiger partial charge on any atom is 0.138 e. The number of hydrogen-bond donors (Lipinski definition) is 2. The third-order valence-corrected chi connectivity index (χ3v) is 3.54. The van der Waals surface area contributed by atoms with Crippen LogP contribution in [0.5, 0.6) is 5.75 Å². The summed E-state index contributed by atoms with van der Waals surface area (Å²) in [6.45, 7) is 0.646. The van der Waals surface area contributed by atoms with Gasteiger partial charge >= 0.3 is 0 Å². The predicted octanol–water partition coefficient (Wildman–Crippen LogP) is 4.04. The number of nitrogens with one attached hydrogen (secondary N) is 1. The van der Waals surface area contributed by atoms with Crippen molar-refractivity contribution in [1.82, 2.24) is 5.43 Å². The highest BCUT2D eigenvalue weighted by Gasteiger charge is 2.04. The summed E-state index contributed by atoms with van der Waals surface area (Å²) in [5, 5.41) is 14.0. The summed E-state index contributed by atoms with van der Waals surface area (Å²) in [5.74, 6) is 0.175. The van der Waals surface area contributed by atoms with Crippen LogP contribution in [0.4, 0.5) is 0 Å². The van der Waals surface area contributed by atoms with E-state index in [1.807, 2.05) is 30.3 Å². The molecule has 2 aromatic carbocycles. The van der Waals surface area contributed by atoms with Gasteiger partial charge in [0.15, 0.2) is 0 Å². The molecule has 0 radical (unpaired) electrons. The normalized spacial score (nSPS) is 10.8. The molecule has 2 aromatic rings. The van der Waals surface area contributed by atoms with Crippen LogP contribution in [0.1, 0.15) is 11.1 Å². The van der Waals surface area contributed by atoms with E-state index in [0.717, 1.165) is 10.0 Å². The first kappa shape index (κ1) is 14.1. The minimum atomic E-state index is 0.175. The molecule has 0 atom stereocenters. The van der Waals surface area contributed by atoms with Crippen LogP contribution < -0.4 is 5.43 Å². The smallest absolute Gasteiger partial charge is 0.138 e. The molecule has 0 aliphatic rings. The van der Waals surface area contributed by atoms with Crippen molar-refractivity contribution in [2.75, 3.05) is 0 Å². The monoisotopic (exact) mass is 382 g/mol. The number of hydrazone groups is 1. The number of rotatable bonds is 4. The van der Waals surface area contributed by atoms with Gasteiger partial charge in [-0.3, -0.25) is 0 Å². The second kappa shape index (κ2) is 6.73. The van der Waals surface area contributed by atoms with Crippen molar-refractivity contribution in [2.24, 2.45) is 5.10 Å². The zero-order valence-corrected chi connectivity index (χ0v) is 13.1. The molecule has 0 bridgehead atoms. The molecule has 0 saturated carbocycles. The number of phenolic OH excluding ortho intramolecular Hbond substituents is 1. The van der Waals surface area contributed by atoms with Gasteiger partial charge in [0, 0.05) is 10.0 Å². The molecule has 0 heterocycles. The first-order chi connectivity index (χ1) is 9.16. The van der Waals surface area contributed by atoms with Gasteiger partial charge in [-0.1, -0.05) is 46.3 Å². The average Bonchev–Trinajstić information content (AvgIpc) is 2.41. The molecule has 0 aromatic heterocycles. The molecule has 0 amide bonds. The summed E-state index contributed by atoms with van der Waals surface area (Å²) in [6.07, 6.45) is 1.59. The Bertz CT molecular complexity index is 585. The molecule has 0 aliphatic heterocycles. The topological polar surface area (TPSA) is 44.6 Å². The van der Waals surface area contributed by atoms with Crippen molar-refractivity contribution in [1.29, 1.82) is 0 Å². The molecule has 3 nitrogen and oxygen atoms in total. The Morgan fingerprint density at radius 1 is 1.16 bits per heavy atom. The van der Waals surface area contributed by atoms with Crippen LogP contribution in [0, 0.1) is 0 Å². The minimum absolute atomic E-state index is 0.175. The van der Waals surface area contributed by atoms with Crippen LogP contribution in [0.25, 0.3) is 0 Å². The third kappa shape index (κ3) is 4.08. The van der Waals surface area contributed by atoms with Crippen LogP contribution >= 0.6 is 31.9 Å². The fourth-order valence-corrected chi connectivity index (χ4v) is 2.79. The lowest BCUT2D eigenvalue weighted by molar-refractivity contribution is 0.471. The Hall–Kier alpha value is -1.33. The zero-order valence-electron chi connectivity index (χ0n) is 9.98. The van der Waals surface area contributed by atoms with Gasteiger partial charge in [0.2, 0.25) is 0 Å². The predicted molar refractivity (Wildman–Crippen MR) is 84.4 cm³/mol. The van der Waals surface area contributed by atoms with Crippen molar-refractivity contribution in [3.63, 3.8) is 0 Å². The van der Waals surface area contributed by atoms with E-state index in [4.69, 9.17) is 0 Å². The second-order valence-electron chi connectivity index (χ2n) is 3.90. The Kier molecular flexibility index (Phi) is 4.99. The van der Waals surface area contributed by atoms with Gasteiger partial charge in [-0.25, -0.2) is 0 Å². The molecule has 5 heteroatoms. The van der Waals surface area contributed by atoms with Crippen molar-refractivity contribution in [3.8, 4) is 5.75 Å². The van der Waals surface area contributed by atoms with E-state index < -0.39 is 0 Å². The van der Waals surface area contributed by atoms with Gasteiger partial charge in [0.1, 0.15) is 5.75 Å². The fraction of sp³-hybridized carbons (Fsp3) is 0.0714. The standard InChI is InChI=1S/C14H12Br2N2O/c15-12-6-11(14(19)13(16)7-12)9-18-17-8-10-4-2-1-3-5-10/h1-7,9,17,19H,8H2. The van der Waals surface area contributed by atoms with Gasteiger partial charge in [0.05, 0.1) is 17.2 Å². The highest BCUT2D eigenvalue weighted by atomic mass is 79.9. The number of benzene rings is 2. The molecule has 98 valence electrons. The van der Waals surface area contributed by atoms with Gasteiger partial charge in [-0.2, -0.15) is 5.10 Å². The largest absolute Gasteiger partial charge is 0.506 e. The minimum Gasteiger partial charge on any atom is -0.506 e. The molecular formula is C14H12Br2N2O. The van der Waals surface area contributed by atoms with Gasteiger partial charge in [-0.15, -0.1) is 0 Å². The van der Waals surface area contributed by atoms with Crippen LogP contribution in [0.3, 0.4) is 0 Å².